The van der Waals surface area contributed by atoms with E-state index in [0.717, 1.165) is 32.5 Å². The molecule has 2 fully saturated rings. The Balaban J connectivity index is 1.77. The van der Waals surface area contributed by atoms with E-state index < -0.39 is 0 Å². The number of carbonyl (C=O) groups excluding carboxylic acids is 2. The Kier molecular flexibility index (Phi) is 5.60. The number of nitrogens with zero attached hydrogens (tertiary/aromatic N) is 2. The van der Waals surface area contributed by atoms with Gasteiger partial charge in [0.25, 0.3) is 0 Å². The van der Waals surface area contributed by atoms with Gasteiger partial charge in [-0.3, -0.25) is 4.79 Å². The lowest BCUT2D eigenvalue weighted by atomic mass is 10.1. The lowest BCUT2D eigenvalue weighted by Gasteiger charge is -2.31. The molecular weight excluding hydrogens is 260 g/mol. The monoisotopic (exact) mass is 284 g/mol. The first-order chi connectivity index (χ1) is 9.72. The zero-order valence-electron chi connectivity index (χ0n) is 12.1. The zero-order valence-corrected chi connectivity index (χ0v) is 12.1. The van der Waals surface area contributed by atoms with Gasteiger partial charge in [0.15, 0.2) is 0 Å². The van der Waals surface area contributed by atoms with Gasteiger partial charge < -0.3 is 25.2 Å². The summed E-state index contributed by atoms with van der Waals surface area (Å²) in [5.74, 6) is -0.123. The highest BCUT2D eigenvalue weighted by atomic mass is 16.5. The molecular formula is C13H24N4O3. The van der Waals surface area contributed by atoms with Crippen LogP contribution in [0.3, 0.4) is 0 Å². The van der Waals surface area contributed by atoms with Crippen LogP contribution in [0.4, 0.5) is 4.79 Å². The molecule has 7 nitrogen and oxygen atoms in total. The molecule has 7 heteroatoms. The number of hydrogen-bond donors (Lipinski definition) is 2. The van der Waals surface area contributed by atoms with Crippen molar-refractivity contribution < 1.29 is 14.3 Å². The van der Waals surface area contributed by atoms with Crippen LogP contribution in [0, 0.1) is 0 Å². The van der Waals surface area contributed by atoms with E-state index in [1.807, 2.05) is 4.90 Å². The highest BCUT2D eigenvalue weighted by Gasteiger charge is 2.34. The number of ether oxygens (including phenoxy) is 1. The summed E-state index contributed by atoms with van der Waals surface area (Å²) in [6.07, 6.45) is 2.00. The van der Waals surface area contributed by atoms with E-state index >= 15 is 0 Å². The second kappa shape index (κ2) is 7.44. The highest BCUT2D eigenvalue weighted by molar-refractivity contribution is 5.85. The predicted octanol–water partition coefficient (Wildman–Crippen LogP) is -0.761. The minimum atomic E-state index is -0.123. The molecule has 3 amide bonds. The van der Waals surface area contributed by atoms with Crippen molar-refractivity contribution in [2.75, 3.05) is 53.0 Å². The van der Waals surface area contributed by atoms with Gasteiger partial charge in [-0.25, -0.2) is 4.79 Å². The van der Waals surface area contributed by atoms with Gasteiger partial charge in [0.1, 0.15) is 6.54 Å². The van der Waals surface area contributed by atoms with Crippen molar-refractivity contribution in [2.24, 2.45) is 0 Å². The Morgan fingerprint density at radius 3 is 2.85 bits per heavy atom. The number of urea groups is 1. The third-order valence-corrected chi connectivity index (χ3v) is 3.84. The van der Waals surface area contributed by atoms with E-state index in [0.29, 0.717) is 25.7 Å². The number of methoxy groups -OCH3 is 1. The first kappa shape index (κ1) is 15.1. The van der Waals surface area contributed by atoms with E-state index in [2.05, 4.69) is 10.6 Å². The van der Waals surface area contributed by atoms with E-state index in [4.69, 9.17) is 4.74 Å². The number of rotatable bonds is 6. The van der Waals surface area contributed by atoms with E-state index in [1.165, 1.54) is 0 Å². The maximum atomic E-state index is 12.3. The van der Waals surface area contributed by atoms with E-state index in [1.54, 1.807) is 12.0 Å². The molecule has 0 atom stereocenters. The fourth-order valence-electron chi connectivity index (χ4n) is 2.73. The molecule has 0 saturated carbocycles. The number of hydrogen-bond acceptors (Lipinski definition) is 4. The van der Waals surface area contributed by atoms with Crippen molar-refractivity contribution in [3.63, 3.8) is 0 Å². The molecule has 0 radical (unpaired) electrons. The average molecular weight is 284 g/mol. The maximum absolute atomic E-state index is 12.3. The lowest BCUT2D eigenvalue weighted by molar-refractivity contribution is -0.121. The van der Waals surface area contributed by atoms with Crippen molar-refractivity contribution >= 4 is 11.9 Å². The molecule has 0 aliphatic carbocycles. The van der Waals surface area contributed by atoms with Gasteiger partial charge in [-0.1, -0.05) is 0 Å². The minimum Gasteiger partial charge on any atom is -0.383 e. The molecule has 114 valence electrons. The lowest BCUT2D eigenvalue weighted by Crippen LogP contribution is -2.46. The SMILES string of the molecule is COCCNC(=O)CN1CCN(C2CCNCC2)C1=O. The standard InChI is InChI=1S/C13H24N4O3/c1-20-9-6-15-12(18)10-16-7-8-17(13(16)19)11-2-4-14-5-3-11/h11,14H,2-10H2,1H3,(H,15,18). The van der Waals surface area contributed by atoms with Gasteiger partial charge in [-0.15, -0.1) is 0 Å². The van der Waals surface area contributed by atoms with Crippen molar-refractivity contribution in [1.29, 1.82) is 0 Å². The van der Waals surface area contributed by atoms with Crippen LogP contribution in [0.5, 0.6) is 0 Å². The highest BCUT2D eigenvalue weighted by Crippen LogP contribution is 2.18. The van der Waals surface area contributed by atoms with Crippen molar-refractivity contribution in [2.45, 2.75) is 18.9 Å². The molecule has 0 aromatic rings. The first-order valence-corrected chi connectivity index (χ1v) is 7.24. The summed E-state index contributed by atoms with van der Waals surface area (Å²) >= 11 is 0. The fraction of sp³-hybridized carbons (Fsp3) is 0.846. The number of nitrogens with one attached hydrogen (secondary N) is 2. The van der Waals surface area contributed by atoms with Crippen LogP contribution < -0.4 is 10.6 Å². The van der Waals surface area contributed by atoms with Gasteiger partial charge in [0, 0.05) is 32.8 Å². The van der Waals surface area contributed by atoms with Crippen LogP contribution in [0.15, 0.2) is 0 Å². The Morgan fingerprint density at radius 1 is 1.40 bits per heavy atom. The number of carbonyl (C=O) groups is 2. The molecule has 2 rings (SSSR count). The van der Waals surface area contributed by atoms with Crippen molar-refractivity contribution in [1.82, 2.24) is 20.4 Å². The molecule has 0 aromatic heterocycles. The topological polar surface area (TPSA) is 73.9 Å². The Bertz CT molecular complexity index is 345. The third kappa shape index (κ3) is 3.83. The summed E-state index contributed by atoms with van der Waals surface area (Å²) in [5.41, 5.74) is 0. The maximum Gasteiger partial charge on any atom is 0.320 e. The van der Waals surface area contributed by atoms with Crippen LogP contribution >= 0.6 is 0 Å². The van der Waals surface area contributed by atoms with Crippen LogP contribution in [0.1, 0.15) is 12.8 Å². The van der Waals surface area contributed by atoms with Crippen LogP contribution in [0.25, 0.3) is 0 Å². The average Bonchev–Trinajstić information content (AvgIpc) is 2.81. The Labute approximate surface area is 119 Å². The zero-order chi connectivity index (χ0) is 14.4. The first-order valence-electron chi connectivity index (χ1n) is 7.24. The Morgan fingerprint density at radius 2 is 2.15 bits per heavy atom. The molecule has 0 aromatic carbocycles. The Hall–Kier alpha value is -1.34. The summed E-state index contributed by atoms with van der Waals surface area (Å²) in [7, 11) is 1.59. The quantitative estimate of drug-likeness (QED) is 0.629. The third-order valence-electron chi connectivity index (χ3n) is 3.84. The van der Waals surface area contributed by atoms with Crippen LogP contribution in [0.2, 0.25) is 0 Å². The van der Waals surface area contributed by atoms with Gasteiger partial charge in [0.05, 0.1) is 6.61 Å². The van der Waals surface area contributed by atoms with Crippen molar-refractivity contribution in [3.05, 3.63) is 0 Å². The summed E-state index contributed by atoms with van der Waals surface area (Å²) in [4.78, 5) is 27.6. The van der Waals surface area contributed by atoms with Crippen LogP contribution in [-0.2, 0) is 9.53 Å². The summed E-state index contributed by atoms with van der Waals surface area (Å²) in [6.45, 7) is 4.41. The molecule has 2 aliphatic heterocycles. The van der Waals surface area contributed by atoms with E-state index in [9.17, 15) is 9.59 Å². The van der Waals surface area contributed by atoms with Gasteiger partial charge in [-0.2, -0.15) is 0 Å². The number of piperidine rings is 1. The molecule has 2 N–H and O–H groups in total. The molecule has 0 spiro atoms. The van der Waals surface area contributed by atoms with Crippen LogP contribution in [-0.4, -0.2) is 80.8 Å². The minimum absolute atomic E-state index is 0.00112. The second-order valence-electron chi connectivity index (χ2n) is 5.22. The molecule has 2 saturated heterocycles. The van der Waals surface area contributed by atoms with Gasteiger partial charge in [0.2, 0.25) is 5.91 Å². The largest absolute Gasteiger partial charge is 0.383 e. The van der Waals surface area contributed by atoms with Gasteiger partial charge >= 0.3 is 6.03 Å². The summed E-state index contributed by atoms with van der Waals surface area (Å²) in [6, 6.07) is 0.323. The molecule has 20 heavy (non-hydrogen) atoms. The molecule has 0 unspecified atom stereocenters. The van der Waals surface area contributed by atoms with Gasteiger partial charge in [-0.05, 0) is 25.9 Å². The summed E-state index contributed by atoms with van der Waals surface area (Å²) < 4.78 is 4.87. The molecule has 0 bridgehead atoms. The van der Waals surface area contributed by atoms with E-state index in [-0.39, 0.29) is 18.5 Å². The van der Waals surface area contributed by atoms with Crippen molar-refractivity contribution in [3.8, 4) is 0 Å². The predicted molar refractivity (Wildman–Crippen MR) is 74.5 cm³/mol. The normalized spacial score (nSPS) is 20.6. The molecule has 2 heterocycles. The number of amides is 3. The second-order valence-corrected chi connectivity index (χ2v) is 5.22. The smallest absolute Gasteiger partial charge is 0.320 e. The fourth-order valence-corrected chi connectivity index (χ4v) is 2.73. The molecule has 2 aliphatic rings. The summed E-state index contributed by atoms with van der Waals surface area (Å²) in [5, 5.41) is 6.04.